The van der Waals surface area contributed by atoms with E-state index in [1.165, 1.54) is 77.0 Å². The van der Waals surface area contributed by atoms with Crippen molar-refractivity contribution in [2.75, 3.05) is 13.6 Å². The number of nitrogens with one attached hydrogen (secondary N) is 1. The summed E-state index contributed by atoms with van der Waals surface area (Å²) in [6.45, 7) is 0.584. The molecule has 2 rings (SSSR count). The lowest BCUT2D eigenvalue weighted by Gasteiger charge is -2.27. The summed E-state index contributed by atoms with van der Waals surface area (Å²) in [6.07, 6.45) is 15.6. The van der Waals surface area contributed by atoms with Gasteiger partial charge in [-0.25, -0.2) is 0 Å². The minimum Gasteiger partial charge on any atom is -0.352 e. The molecule has 0 aromatic carbocycles. The van der Waals surface area contributed by atoms with Crippen LogP contribution < -0.4 is 5.32 Å². The number of carbonyl (C=O) groups is 1. The van der Waals surface area contributed by atoms with Gasteiger partial charge in [-0.3, -0.25) is 9.69 Å². The van der Waals surface area contributed by atoms with E-state index >= 15 is 0 Å². The minimum atomic E-state index is 0.239. The van der Waals surface area contributed by atoms with Gasteiger partial charge in [-0.15, -0.1) is 0 Å². The van der Waals surface area contributed by atoms with Crippen LogP contribution in [0.25, 0.3) is 0 Å². The molecule has 1 amide bonds. The van der Waals surface area contributed by atoms with Gasteiger partial charge < -0.3 is 5.32 Å². The maximum absolute atomic E-state index is 12.2. The number of carbonyl (C=O) groups excluding carboxylic acids is 1. The first kappa shape index (κ1) is 15.8. The molecular formula is C17H32N2O. The Morgan fingerprint density at radius 3 is 1.95 bits per heavy atom. The molecular weight excluding hydrogens is 248 g/mol. The normalized spacial score (nSPS) is 23.3. The smallest absolute Gasteiger partial charge is 0.234 e. The van der Waals surface area contributed by atoms with Crippen LogP contribution in [0.1, 0.15) is 77.0 Å². The van der Waals surface area contributed by atoms with Gasteiger partial charge in [-0.05, 0) is 32.7 Å². The number of rotatable bonds is 4. The Kier molecular flexibility index (Phi) is 6.85. The molecule has 0 heterocycles. The molecule has 0 atom stereocenters. The summed E-state index contributed by atoms with van der Waals surface area (Å²) in [5.74, 6) is 0.239. The quantitative estimate of drug-likeness (QED) is 0.800. The molecule has 0 radical (unpaired) electrons. The lowest BCUT2D eigenvalue weighted by atomic mass is 10.1. The maximum Gasteiger partial charge on any atom is 0.234 e. The zero-order chi connectivity index (χ0) is 14.2. The van der Waals surface area contributed by atoms with Gasteiger partial charge >= 0.3 is 0 Å². The fraction of sp³-hybridized carbons (Fsp3) is 0.941. The van der Waals surface area contributed by atoms with Crippen LogP contribution in [0.5, 0.6) is 0 Å². The molecule has 2 fully saturated rings. The van der Waals surface area contributed by atoms with E-state index in [-0.39, 0.29) is 5.91 Å². The van der Waals surface area contributed by atoms with Gasteiger partial charge in [-0.2, -0.15) is 0 Å². The van der Waals surface area contributed by atoms with Gasteiger partial charge in [0.1, 0.15) is 0 Å². The molecule has 2 aliphatic carbocycles. The average molecular weight is 280 g/mol. The van der Waals surface area contributed by atoms with Crippen molar-refractivity contribution >= 4 is 5.91 Å². The summed E-state index contributed by atoms with van der Waals surface area (Å²) in [4.78, 5) is 14.5. The topological polar surface area (TPSA) is 32.3 Å². The molecule has 0 aromatic rings. The Hall–Kier alpha value is -0.570. The highest BCUT2D eigenvalue weighted by Gasteiger charge is 2.20. The Morgan fingerprint density at radius 2 is 1.40 bits per heavy atom. The summed E-state index contributed by atoms with van der Waals surface area (Å²) in [7, 11) is 2.13. The number of hydrogen-bond donors (Lipinski definition) is 1. The van der Waals surface area contributed by atoms with E-state index in [4.69, 9.17) is 0 Å². The Bertz CT molecular complexity index is 277. The van der Waals surface area contributed by atoms with E-state index in [2.05, 4.69) is 17.3 Å². The van der Waals surface area contributed by atoms with Crippen LogP contribution in [-0.4, -0.2) is 36.5 Å². The number of nitrogens with zero attached hydrogens (tertiary/aromatic N) is 1. The van der Waals surface area contributed by atoms with Crippen molar-refractivity contribution in [1.29, 1.82) is 0 Å². The van der Waals surface area contributed by atoms with Crippen LogP contribution in [0.15, 0.2) is 0 Å². The summed E-state index contributed by atoms with van der Waals surface area (Å²) in [6, 6.07) is 1.06. The van der Waals surface area contributed by atoms with Crippen LogP contribution in [0.3, 0.4) is 0 Å². The molecule has 0 aromatic heterocycles. The lowest BCUT2D eigenvalue weighted by Crippen LogP contribution is -2.43. The van der Waals surface area contributed by atoms with E-state index in [1.807, 2.05) is 0 Å². The molecule has 0 spiro atoms. The molecule has 116 valence electrons. The Balaban J connectivity index is 1.71. The van der Waals surface area contributed by atoms with E-state index in [9.17, 15) is 4.79 Å². The minimum absolute atomic E-state index is 0.239. The SMILES string of the molecule is CN(CC(=O)NC1CCCCCC1)C1CCCCCC1. The third-order valence-corrected chi connectivity index (χ3v) is 5.06. The van der Waals surface area contributed by atoms with E-state index in [0.29, 0.717) is 18.6 Å². The van der Waals surface area contributed by atoms with Gasteiger partial charge in [0.2, 0.25) is 5.91 Å². The molecule has 2 saturated carbocycles. The first-order valence-corrected chi connectivity index (χ1v) is 8.75. The summed E-state index contributed by atoms with van der Waals surface area (Å²) in [5.41, 5.74) is 0. The second-order valence-corrected chi connectivity index (χ2v) is 6.82. The monoisotopic (exact) mass is 280 g/mol. The molecule has 20 heavy (non-hydrogen) atoms. The third kappa shape index (κ3) is 5.43. The second kappa shape index (κ2) is 8.66. The number of hydrogen-bond acceptors (Lipinski definition) is 2. The summed E-state index contributed by atoms with van der Waals surface area (Å²) >= 11 is 0. The van der Waals surface area contributed by atoms with Gasteiger partial charge in [0.25, 0.3) is 0 Å². The van der Waals surface area contributed by atoms with E-state index < -0.39 is 0 Å². The number of likely N-dealkylation sites (N-methyl/N-ethyl adjacent to an activating group) is 1. The molecule has 0 aliphatic heterocycles. The standard InChI is InChI=1S/C17H32N2O/c1-19(16-12-8-4-5-9-13-16)14-17(20)18-15-10-6-2-3-7-11-15/h15-16H,2-14H2,1H3,(H,18,20). The molecule has 0 bridgehead atoms. The zero-order valence-electron chi connectivity index (χ0n) is 13.2. The van der Waals surface area contributed by atoms with Crippen molar-refractivity contribution in [1.82, 2.24) is 10.2 Å². The van der Waals surface area contributed by atoms with Crippen molar-refractivity contribution in [3.05, 3.63) is 0 Å². The first-order valence-electron chi connectivity index (χ1n) is 8.75. The van der Waals surface area contributed by atoms with Crippen molar-refractivity contribution in [3.63, 3.8) is 0 Å². The molecule has 3 heteroatoms. The van der Waals surface area contributed by atoms with E-state index in [1.54, 1.807) is 0 Å². The van der Waals surface area contributed by atoms with Gasteiger partial charge in [0, 0.05) is 12.1 Å². The molecule has 1 N–H and O–H groups in total. The average Bonchev–Trinajstić information content (AvgIpc) is 2.82. The van der Waals surface area contributed by atoms with Crippen LogP contribution in [0, 0.1) is 0 Å². The van der Waals surface area contributed by atoms with Crippen LogP contribution in [0.2, 0.25) is 0 Å². The van der Waals surface area contributed by atoms with Crippen molar-refractivity contribution in [2.24, 2.45) is 0 Å². The van der Waals surface area contributed by atoms with Crippen LogP contribution >= 0.6 is 0 Å². The zero-order valence-corrected chi connectivity index (χ0v) is 13.2. The van der Waals surface area contributed by atoms with Crippen LogP contribution in [-0.2, 0) is 4.79 Å². The highest BCUT2D eigenvalue weighted by Crippen LogP contribution is 2.21. The van der Waals surface area contributed by atoms with E-state index in [0.717, 1.165) is 0 Å². The highest BCUT2D eigenvalue weighted by atomic mass is 16.2. The van der Waals surface area contributed by atoms with Crippen molar-refractivity contribution in [2.45, 2.75) is 89.1 Å². The Labute approximate surface area is 124 Å². The highest BCUT2D eigenvalue weighted by molar-refractivity contribution is 5.78. The van der Waals surface area contributed by atoms with Crippen molar-refractivity contribution in [3.8, 4) is 0 Å². The summed E-state index contributed by atoms with van der Waals surface area (Å²) < 4.78 is 0. The molecule has 2 aliphatic rings. The fourth-order valence-electron chi connectivity index (χ4n) is 3.75. The third-order valence-electron chi connectivity index (χ3n) is 5.06. The van der Waals surface area contributed by atoms with Gasteiger partial charge in [-0.1, -0.05) is 51.4 Å². The van der Waals surface area contributed by atoms with Gasteiger partial charge in [0.15, 0.2) is 0 Å². The maximum atomic E-state index is 12.2. The summed E-state index contributed by atoms with van der Waals surface area (Å²) in [5, 5.41) is 3.26. The first-order chi connectivity index (χ1) is 9.75. The second-order valence-electron chi connectivity index (χ2n) is 6.82. The fourth-order valence-corrected chi connectivity index (χ4v) is 3.75. The molecule has 0 saturated heterocycles. The van der Waals surface area contributed by atoms with Crippen molar-refractivity contribution < 1.29 is 4.79 Å². The largest absolute Gasteiger partial charge is 0.352 e. The lowest BCUT2D eigenvalue weighted by molar-refractivity contribution is -0.123. The Morgan fingerprint density at radius 1 is 0.900 bits per heavy atom. The predicted octanol–water partition coefficient (Wildman–Crippen LogP) is 3.48. The van der Waals surface area contributed by atoms with Gasteiger partial charge in [0.05, 0.1) is 6.54 Å². The van der Waals surface area contributed by atoms with Crippen LogP contribution in [0.4, 0.5) is 0 Å². The predicted molar refractivity (Wildman–Crippen MR) is 83.8 cm³/mol. The molecule has 0 unspecified atom stereocenters. The molecule has 3 nitrogen and oxygen atoms in total. The number of amides is 1.